The van der Waals surface area contributed by atoms with Gasteiger partial charge in [0.15, 0.2) is 0 Å². The van der Waals surface area contributed by atoms with E-state index in [1.165, 1.54) is 37.7 Å². The Morgan fingerprint density at radius 2 is 2.06 bits per heavy atom. The second-order valence-corrected chi connectivity index (χ2v) is 6.85. The SMILES string of the molecule is C=C(C)C1CCC2(C)CCCC(C)C2C1[NH2+][CH2-]. The van der Waals surface area contributed by atoms with Crippen LogP contribution in [0.4, 0.5) is 0 Å². The number of nitrogens with two attached hydrogens (primary N) is 1. The van der Waals surface area contributed by atoms with Crippen molar-refractivity contribution >= 4 is 0 Å². The molecule has 5 unspecified atom stereocenters. The van der Waals surface area contributed by atoms with Gasteiger partial charge in [-0.15, -0.1) is 0 Å². The molecular weight excluding hydrogens is 206 g/mol. The number of fused-ring (bicyclic) bond motifs is 1. The minimum Gasteiger partial charge on any atom is -0.476 e. The van der Waals surface area contributed by atoms with Crippen LogP contribution in [0.3, 0.4) is 0 Å². The molecule has 0 amide bonds. The van der Waals surface area contributed by atoms with Gasteiger partial charge in [-0.05, 0) is 37.5 Å². The van der Waals surface area contributed by atoms with Crippen LogP contribution in [0.15, 0.2) is 12.2 Å². The summed E-state index contributed by atoms with van der Waals surface area (Å²) in [4.78, 5) is 0. The van der Waals surface area contributed by atoms with Crippen LogP contribution in [0, 0.1) is 30.2 Å². The van der Waals surface area contributed by atoms with Gasteiger partial charge in [-0.2, -0.15) is 7.05 Å². The van der Waals surface area contributed by atoms with E-state index in [4.69, 9.17) is 0 Å². The summed E-state index contributed by atoms with van der Waals surface area (Å²) < 4.78 is 0. The summed E-state index contributed by atoms with van der Waals surface area (Å²) in [7, 11) is 4.13. The average molecular weight is 235 g/mol. The van der Waals surface area contributed by atoms with Crippen molar-refractivity contribution in [2.45, 2.75) is 58.9 Å². The molecule has 0 bridgehead atoms. The molecule has 0 spiro atoms. The first-order chi connectivity index (χ1) is 7.99. The highest BCUT2D eigenvalue weighted by Crippen LogP contribution is 2.53. The Balaban J connectivity index is 2.28. The van der Waals surface area contributed by atoms with E-state index < -0.39 is 0 Å². The first kappa shape index (κ1) is 13.1. The second-order valence-electron chi connectivity index (χ2n) is 6.85. The lowest BCUT2D eigenvalue weighted by Crippen LogP contribution is -2.89. The topological polar surface area (TPSA) is 16.6 Å². The zero-order valence-electron chi connectivity index (χ0n) is 11.8. The number of quaternary nitrogens is 1. The van der Waals surface area contributed by atoms with Crippen molar-refractivity contribution < 1.29 is 5.32 Å². The summed E-state index contributed by atoms with van der Waals surface area (Å²) in [6, 6.07) is 0.668. The van der Waals surface area contributed by atoms with Gasteiger partial charge in [0.1, 0.15) is 0 Å². The van der Waals surface area contributed by atoms with Gasteiger partial charge in [0.05, 0.1) is 6.04 Å². The third-order valence-electron chi connectivity index (χ3n) is 5.64. The summed E-state index contributed by atoms with van der Waals surface area (Å²) in [5, 5.41) is 2.24. The van der Waals surface area contributed by atoms with Gasteiger partial charge in [-0.25, -0.2) is 0 Å². The normalized spacial score (nSPS) is 46.4. The Labute approximate surface area is 107 Å². The van der Waals surface area contributed by atoms with Gasteiger partial charge in [0.25, 0.3) is 0 Å². The molecule has 2 aliphatic rings. The monoisotopic (exact) mass is 235 g/mol. The summed E-state index contributed by atoms with van der Waals surface area (Å²) in [6.07, 6.45) is 6.98. The van der Waals surface area contributed by atoms with Crippen molar-refractivity contribution in [1.82, 2.24) is 0 Å². The maximum atomic E-state index is 4.21. The number of rotatable bonds is 2. The molecule has 0 aliphatic heterocycles. The molecule has 0 saturated heterocycles. The van der Waals surface area contributed by atoms with Gasteiger partial charge in [0.2, 0.25) is 0 Å². The van der Waals surface area contributed by atoms with Crippen LogP contribution in [-0.4, -0.2) is 6.04 Å². The molecule has 0 aromatic carbocycles. The zero-order chi connectivity index (χ0) is 12.6. The number of hydrogen-bond acceptors (Lipinski definition) is 0. The Hall–Kier alpha value is -0.300. The first-order valence-electron chi connectivity index (χ1n) is 7.27. The van der Waals surface area contributed by atoms with Crippen LogP contribution in [0.5, 0.6) is 0 Å². The predicted octanol–water partition coefficient (Wildman–Crippen LogP) is 3.14. The molecule has 0 heterocycles. The third kappa shape index (κ3) is 2.19. The maximum absolute atomic E-state index is 4.21. The first-order valence-corrected chi connectivity index (χ1v) is 7.27. The van der Waals surface area contributed by atoms with E-state index in [2.05, 4.69) is 39.7 Å². The Kier molecular flexibility index (Phi) is 3.68. The van der Waals surface area contributed by atoms with Gasteiger partial charge < -0.3 is 5.32 Å². The molecule has 5 atom stereocenters. The second kappa shape index (κ2) is 4.76. The van der Waals surface area contributed by atoms with Crippen LogP contribution >= 0.6 is 0 Å². The summed E-state index contributed by atoms with van der Waals surface area (Å²) in [5.41, 5.74) is 1.94. The average Bonchev–Trinajstić information content (AvgIpc) is 2.26. The van der Waals surface area contributed by atoms with Crippen LogP contribution in [0.2, 0.25) is 0 Å². The van der Waals surface area contributed by atoms with Crippen molar-refractivity contribution in [3.05, 3.63) is 19.2 Å². The Morgan fingerprint density at radius 1 is 1.35 bits per heavy atom. The van der Waals surface area contributed by atoms with E-state index in [1.807, 2.05) is 0 Å². The molecule has 0 radical (unpaired) electrons. The highest BCUT2D eigenvalue weighted by Gasteiger charge is 2.50. The number of hydrogen-bond donors (Lipinski definition) is 1. The Bertz CT molecular complexity index is 296. The van der Waals surface area contributed by atoms with E-state index >= 15 is 0 Å². The van der Waals surface area contributed by atoms with Gasteiger partial charge in [0, 0.05) is 11.8 Å². The largest absolute Gasteiger partial charge is 0.476 e. The smallest absolute Gasteiger partial charge is 0.0722 e. The minimum atomic E-state index is 0.572. The fourth-order valence-corrected chi connectivity index (χ4v) is 4.81. The minimum absolute atomic E-state index is 0.572. The van der Waals surface area contributed by atoms with E-state index in [9.17, 15) is 0 Å². The molecule has 1 nitrogen and oxygen atoms in total. The highest BCUT2D eigenvalue weighted by atomic mass is 14.9. The molecule has 2 aliphatic carbocycles. The van der Waals surface area contributed by atoms with Crippen LogP contribution in [-0.2, 0) is 0 Å². The molecule has 17 heavy (non-hydrogen) atoms. The van der Waals surface area contributed by atoms with Crippen molar-refractivity contribution in [2.75, 3.05) is 0 Å². The fraction of sp³-hybridized carbons (Fsp3) is 0.812. The standard InChI is InChI=1S/C16H29N/c1-11(2)13-8-10-16(4)9-6-7-12(3)14(16)15(13)17-5/h12-15H,1,5-10,17H2,2-4H3. The predicted molar refractivity (Wildman–Crippen MR) is 73.2 cm³/mol. The lowest BCUT2D eigenvalue weighted by molar-refractivity contribution is -0.656. The van der Waals surface area contributed by atoms with Gasteiger partial charge in [-0.3, -0.25) is 0 Å². The van der Waals surface area contributed by atoms with E-state index in [0.29, 0.717) is 17.4 Å². The van der Waals surface area contributed by atoms with Crippen LogP contribution in [0.25, 0.3) is 0 Å². The zero-order valence-corrected chi connectivity index (χ0v) is 11.8. The Morgan fingerprint density at radius 3 is 2.65 bits per heavy atom. The van der Waals surface area contributed by atoms with Crippen molar-refractivity contribution in [3.63, 3.8) is 0 Å². The van der Waals surface area contributed by atoms with Crippen molar-refractivity contribution in [2.24, 2.45) is 23.2 Å². The van der Waals surface area contributed by atoms with Crippen molar-refractivity contribution in [3.8, 4) is 0 Å². The summed E-state index contributed by atoms with van der Waals surface area (Å²) in [6.45, 7) is 11.4. The molecule has 2 rings (SSSR count). The van der Waals surface area contributed by atoms with E-state index in [1.54, 1.807) is 0 Å². The summed E-state index contributed by atoms with van der Waals surface area (Å²) >= 11 is 0. The summed E-state index contributed by atoms with van der Waals surface area (Å²) in [5.74, 6) is 2.38. The molecule has 0 aromatic rings. The lowest BCUT2D eigenvalue weighted by Gasteiger charge is -2.54. The fourth-order valence-electron chi connectivity index (χ4n) is 4.81. The van der Waals surface area contributed by atoms with E-state index in [-0.39, 0.29) is 0 Å². The quantitative estimate of drug-likeness (QED) is 0.559. The molecular formula is C16H29N. The highest BCUT2D eigenvalue weighted by molar-refractivity contribution is 5.08. The molecule has 98 valence electrons. The van der Waals surface area contributed by atoms with E-state index in [0.717, 1.165) is 11.8 Å². The maximum Gasteiger partial charge on any atom is 0.0722 e. The van der Waals surface area contributed by atoms with Crippen LogP contribution < -0.4 is 5.32 Å². The van der Waals surface area contributed by atoms with Gasteiger partial charge in [-0.1, -0.05) is 38.8 Å². The van der Waals surface area contributed by atoms with Crippen molar-refractivity contribution in [1.29, 1.82) is 0 Å². The molecule has 0 aromatic heterocycles. The lowest BCUT2D eigenvalue weighted by atomic mass is 9.52. The molecule has 2 fully saturated rings. The van der Waals surface area contributed by atoms with Gasteiger partial charge >= 0.3 is 0 Å². The molecule has 1 heteroatoms. The molecule has 2 saturated carbocycles. The van der Waals surface area contributed by atoms with Crippen LogP contribution in [0.1, 0.15) is 52.9 Å². The third-order valence-corrected chi connectivity index (χ3v) is 5.64. The molecule has 2 N–H and O–H groups in total.